The van der Waals surface area contributed by atoms with Gasteiger partial charge in [0, 0.05) is 17.1 Å². The summed E-state index contributed by atoms with van der Waals surface area (Å²) < 4.78 is 14.7. The first-order valence-electron chi connectivity index (χ1n) is 4.54. The molecule has 1 heterocycles. The molecule has 2 rings (SSSR count). The number of hydrogen-bond acceptors (Lipinski definition) is 2. The minimum absolute atomic E-state index is 0.0450. The number of fused-ring (bicyclic) bond motifs is 1. The number of benzene rings is 1. The highest BCUT2D eigenvalue weighted by Gasteiger charge is 1.93. The van der Waals surface area contributed by atoms with Crippen molar-refractivity contribution in [2.45, 2.75) is 0 Å². The van der Waals surface area contributed by atoms with Gasteiger partial charge in [0.15, 0.2) is 0 Å². The van der Waals surface area contributed by atoms with Gasteiger partial charge in [-0.3, -0.25) is 9.78 Å². The summed E-state index contributed by atoms with van der Waals surface area (Å²) in [6.45, 7) is 0. The van der Waals surface area contributed by atoms with Crippen molar-refractivity contribution in [1.29, 1.82) is 0 Å². The third-order valence-electron chi connectivity index (χ3n) is 1.66. The molecule has 58 valence electrons. The van der Waals surface area contributed by atoms with E-state index in [1.807, 2.05) is 0 Å². The molecule has 0 unspecified atom stereocenters. The molecule has 0 N–H and O–H groups in total. The Morgan fingerprint density at radius 3 is 3.17 bits per heavy atom. The summed E-state index contributed by atoms with van der Waals surface area (Å²) in [5.74, 6) is 0. The lowest BCUT2D eigenvalue weighted by molar-refractivity contribution is 0.112. The lowest BCUT2D eigenvalue weighted by Crippen LogP contribution is -1.81. The van der Waals surface area contributed by atoms with E-state index in [4.69, 9.17) is 2.74 Å². The van der Waals surface area contributed by atoms with Gasteiger partial charge in [-0.25, -0.2) is 0 Å². The molecule has 0 bridgehead atoms. The van der Waals surface area contributed by atoms with Gasteiger partial charge in [0.25, 0.3) is 0 Å². The highest BCUT2D eigenvalue weighted by atomic mass is 16.1. The maximum Gasteiger partial charge on any atom is 0.150 e. The smallest absolute Gasteiger partial charge is 0.150 e. The number of carbonyl (C=O) groups excluding carboxylic acids is 1. The molecule has 0 saturated heterocycles. The molecule has 1 aromatic heterocycles. The van der Waals surface area contributed by atoms with Crippen LogP contribution < -0.4 is 0 Å². The van der Waals surface area contributed by atoms with Crippen LogP contribution in [0.3, 0.4) is 0 Å². The van der Waals surface area contributed by atoms with Gasteiger partial charge in [-0.1, -0.05) is 6.07 Å². The monoisotopic (exact) mass is 159 g/mol. The van der Waals surface area contributed by atoms with Crippen LogP contribution >= 0.6 is 0 Å². The van der Waals surface area contributed by atoms with Crippen molar-refractivity contribution in [3.05, 3.63) is 42.0 Å². The third kappa shape index (κ3) is 1.07. The summed E-state index contributed by atoms with van der Waals surface area (Å²) in [4.78, 5) is 14.4. The predicted octanol–water partition coefficient (Wildman–Crippen LogP) is 2.05. The van der Waals surface area contributed by atoms with E-state index >= 15 is 0 Å². The van der Waals surface area contributed by atoms with Gasteiger partial charge in [0.1, 0.15) is 6.29 Å². The zero-order valence-electron chi connectivity index (χ0n) is 8.24. The zero-order valence-corrected chi connectivity index (χ0v) is 6.24. The number of rotatable bonds is 1. The van der Waals surface area contributed by atoms with Crippen LogP contribution in [0.5, 0.6) is 0 Å². The van der Waals surface area contributed by atoms with E-state index in [2.05, 4.69) is 4.98 Å². The van der Waals surface area contributed by atoms with Crippen LogP contribution in [0.1, 0.15) is 13.1 Å². The Balaban J connectivity index is 2.76. The normalized spacial score (nSPS) is 12.3. The molecule has 0 amide bonds. The number of hydrogen-bond donors (Lipinski definition) is 0. The second-order valence-corrected chi connectivity index (χ2v) is 2.45. The van der Waals surface area contributed by atoms with E-state index in [1.54, 1.807) is 18.2 Å². The maximum atomic E-state index is 10.5. The van der Waals surface area contributed by atoms with Gasteiger partial charge in [-0.2, -0.15) is 0 Å². The van der Waals surface area contributed by atoms with Crippen molar-refractivity contribution in [2.75, 3.05) is 0 Å². The minimum atomic E-state index is -0.0450. The van der Waals surface area contributed by atoms with E-state index < -0.39 is 0 Å². The molecule has 0 saturated carbocycles. The number of aromatic nitrogens is 1. The summed E-state index contributed by atoms with van der Waals surface area (Å²) in [5.41, 5.74) is 1.19. The van der Waals surface area contributed by atoms with Gasteiger partial charge >= 0.3 is 0 Å². The summed E-state index contributed by atoms with van der Waals surface area (Å²) in [6, 6.07) is 6.59. The summed E-state index contributed by atoms with van der Waals surface area (Å²) in [6.07, 6.45) is 0.703. The van der Waals surface area contributed by atoms with Crippen LogP contribution in [0.4, 0.5) is 0 Å². The highest BCUT2D eigenvalue weighted by Crippen LogP contribution is 2.11. The predicted molar refractivity (Wildman–Crippen MR) is 47.1 cm³/mol. The second-order valence-electron chi connectivity index (χ2n) is 2.45. The molecule has 0 spiro atoms. The van der Waals surface area contributed by atoms with Gasteiger partial charge in [-0.05, 0) is 24.2 Å². The molecule has 0 fully saturated rings. The van der Waals surface area contributed by atoms with E-state index in [9.17, 15) is 4.79 Å². The Bertz CT molecular complexity index is 511. The first-order chi connectivity index (χ1) is 6.70. The van der Waals surface area contributed by atoms with E-state index in [1.165, 1.54) is 6.07 Å². The van der Waals surface area contributed by atoms with E-state index in [0.29, 0.717) is 11.1 Å². The van der Waals surface area contributed by atoms with Crippen molar-refractivity contribution in [1.82, 2.24) is 4.98 Å². The van der Waals surface area contributed by atoms with Crippen molar-refractivity contribution in [3.8, 4) is 0 Å². The fourth-order valence-corrected chi connectivity index (χ4v) is 1.07. The van der Waals surface area contributed by atoms with Crippen LogP contribution in [-0.4, -0.2) is 11.3 Å². The minimum Gasteiger partial charge on any atom is -0.298 e. The van der Waals surface area contributed by atoms with E-state index in [-0.39, 0.29) is 12.2 Å². The maximum absolute atomic E-state index is 10.5. The Labute approximate surface area is 72.7 Å². The Kier molecular flexibility index (Phi) is 1.15. The summed E-state index contributed by atoms with van der Waals surface area (Å²) >= 11 is 0. The van der Waals surface area contributed by atoms with Crippen molar-refractivity contribution < 1.29 is 7.54 Å². The number of nitrogens with zero attached hydrogens (tertiary/aromatic N) is 1. The molecule has 0 aliphatic rings. The van der Waals surface area contributed by atoms with Crippen LogP contribution in [0.15, 0.2) is 36.5 Å². The Morgan fingerprint density at radius 2 is 2.33 bits per heavy atom. The molecule has 2 heteroatoms. The van der Waals surface area contributed by atoms with Crippen LogP contribution in [-0.2, 0) is 0 Å². The molecular weight excluding hydrogens is 150 g/mol. The fraction of sp³-hybridized carbons (Fsp3) is 0. The van der Waals surface area contributed by atoms with Crippen molar-refractivity contribution in [3.63, 3.8) is 0 Å². The van der Waals surface area contributed by atoms with Crippen LogP contribution in [0.2, 0.25) is 0 Å². The first kappa shape index (κ1) is 5.04. The Hall–Kier alpha value is -1.70. The summed E-state index contributed by atoms with van der Waals surface area (Å²) in [7, 11) is 0. The van der Waals surface area contributed by atoms with Crippen LogP contribution in [0.25, 0.3) is 10.9 Å². The Morgan fingerprint density at radius 1 is 1.42 bits per heavy atom. The quantitative estimate of drug-likeness (QED) is 0.596. The highest BCUT2D eigenvalue weighted by molar-refractivity contribution is 5.86. The molecule has 2 aromatic rings. The molecule has 0 aliphatic carbocycles. The zero-order chi connectivity index (χ0) is 10.1. The molecule has 0 aliphatic heterocycles. The first-order valence-corrected chi connectivity index (χ1v) is 3.54. The topological polar surface area (TPSA) is 30.0 Å². The number of aldehydes is 1. The van der Waals surface area contributed by atoms with Gasteiger partial charge < -0.3 is 0 Å². The third-order valence-corrected chi connectivity index (χ3v) is 1.66. The van der Waals surface area contributed by atoms with Gasteiger partial charge in [0.05, 0.1) is 8.26 Å². The van der Waals surface area contributed by atoms with Gasteiger partial charge in [-0.15, -0.1) is 0 Å². The standard InChI is InChI=1S/C10H7NO/c12-7-8-3-4-10-9(6-8)2-1-5-11-10/h1-7H/i1D,5D. The average Bonchev–Trinajstić information content (AvgIpc) is 2.19. The van der Waals surface area contributed by atoms with Gasteiger partial charge in [0.2, 0.25) is 0 Å². The lowest BCUT2D eigenvalue weighted by atomic mass is 10.1. The second kappa shape index (κ2) is 2.74. The van der Waals surface area contributed by atoms with Crippen molar-refractivity contribution >= 4 is 17.2 Å². The molecular formula is C10H7NO. The molecule has 12 heavy (non-hydrogen) atoms. The largest absolute Gasteiger partial charge is 0.298 e. The number of pyridine rings is 1. The molecule has 1 aromatic carbocycles. The summed E-state index contributed by atoms with van der Waals surface area (Å²) in [5, 5.41) is 0.718. The number of carbonyl (C=O) groups is 1. The van der Waals surface area contributed by atoms with E-state index in [0.717, 1.165) is 11.7 Å². The molecule has 2 nitrogen and oxygen atoms in total. The lowest BCUT2D eigenvalue weighted by Gasteiger charge is -1.95. The SMILES string of the molecule is [2H]c1cc2cc(C=O)ccc2nc1[2H]. The molecule has 0 radical (unpaired) electrons. The van der Waals surface area contributed by atoms with Crippen molar-refractivity contribution in [2.24, 2.45) is 0 Å². The van der Waals surface area contributed by atoms with Crippen LogP contribution in [0, 0.1) is 0 Å². The fourth-order valence-electron chi connectivity index (χ4n) is 1.07. The molecule has 0 atom stereocenters. The average molecular weight is 159 g/mol.